The van der Waals surface area contributed by atoms with Gasteiger partial charge in [0.25, 0.3) is 10.0 Å². The molecule has 0 atom stereocenters. The van der Waals surface area contributed by atoms with Crippen molar-refractivity contribution < 1.29 is 8.42 Å². The maximum absolute atomic E-state index is 11.9. The fourth-order valence-corrected chi connectivity index (χ4v) is 2.26. The lowest BCUT2D eigenvalue weighted by Crippen LogP contribution is -2.28. The van der Waals surface area contributed by atoms with Crippen LogP contribution >= 0.6 is 0 Å². The highest BCUT2D eigenvalue weighted by Gasteiger charge is 2.23. The van der Waals surface area contributed by atoms with Crippen LogP contribution in [0.5, 0.6) is 0 Å². The fraction of sp³-hybridized carbons (Fsp3) is 0.375. The maximum Gasteiger partial charge on any atom is 0.262 e. The highest BCUT2D eigenvalue weighted by molar-refractivity contribution is 7.89. The van der Waals surface area contributed by atoms with Crippen LogP contribution in [-0.4, -0.2) is 31.3 Å². The number of anilines is 1. The van der Waals surface area contributed by atoms with Crippen molar-refractivity contribution >= 4 is 15.7 Å². The van der Waals surface area contributed by atoms with Gasteiger partial charge in [0.2, 0.25) is 0 Å². The molecule has 7 heteroatoms. The van der Waals surface area contributed by atoms with Crippen molar-refractivity contribution in [3.63, 3.8) is 0 Å². The Kier molecular flexibility index (Phi) is 3.61. The van der Waals surface area contributed by atoms with Crippen LogP contribution in [0.1, 0.15) is 6.92 Å². The lowest BCUT2D eigenvalue weighted by Gasteiger charge is -2.15. The molecule has 0 unspecified atom stereocenters. The average molecular weight is 230 g/mol. The third-order valence-electron chi connectivity index (χ3n) is 2.03. The fourth-order valence-electron chi connectivity index (χ4n) is 1.02. The summed E-state index contributed by atoms with van der Waals surface area (Å²) in [4.78, 5) is 3.82. The number of nitrogens with zero attached hydrogens (tertiary/aromatic N) is 2. The molecular formula is C8H14N4O2S. The van der Waals surface area contributed by atoms with E-state index < -0.39 is 10.0 Å². The first-order valence-electron chi connectivity index (χ1n) is 4.42. The molecule has 0 saturated heterocycles. The third kappa shape index (κ3) is 2.25. The second-order valence-corrected chi connectivity index (χ2v) is 4.88. The number of rotatable bonds is 4. The molecule has 0 radical (unpaired) electrons. The molecule has 0 fully saturated rings. The van der Waals surface area contributed by atoms with Gasteiger partial charge in [-0.3, -0.25) is 5.84 Å². The van der Waals surface area contributed by atoms with Gasteiger partial charge in [0.1, 0.15) is 0 Å². The molecule has 15 heavy (non-hydrogen) atoms. The number of hydrazine groups is 1. The smallest absolute Gasteiger partial charge is 0.262 e. The minimum Gasteiger partial charge on any atom is -0.321 e. The summed E-state index contributed by atoms with van der Waals surface area (Å²) in [6.45, 7) is 2.12. The molecule has 1 rings (SSSR count). The quantitative estimate of drug-likeness (QED) is 0.562. The van der Waals surface area contributed by atoms with Crippen molar-refractivity contribution in [1.82, 2.24) is 9.29 Å². The van der Waals surface area contributed by atoms with Gasteiger partial charge in [-0.15, -0.1) is 0 Å². The van der Waals surface area contributed by atoms with E-state index in [1.165, 1.54) is 17.5 Å². The van der Waals surface area contributed by atoms with Gasteiger partial charge < -0.3 is 5.43 Å². The standard InChI is InChI=1S/C8H14N4O2S/c1-3-12(2)15(13,14)8-7(11-9)5-4-6-10-8/h4-6,11H,3,9H2,1-2H3. The van der Waals surface area contributed by atoms with E-state index in [0.29, 0.717) is 6.54 Å². The number of nitrogen functional groups attached to an aromatic ring is 1. The zero-order chi connectivity index (χ0) is 11.5. The van der Waals surface area contributed by atoms with E-state index in [0.717, 1.165) is 0 Å². The number of nitrogens with one attached hydrogen (secondary N) is 1. The largest absolute Gasteiger partial charge is 0.321 e. The highest BCUT2D eigenvalue weighted by atomic mass is 32.2. The van der Waals surface area contributed by atoms with Crippen LogP contribution in [0.15, 0.2) is 23.4 Å². The highest BCUT2D eigenvalue weighted by Crippen LogP contribution is 2.19. The second kappa shape index (κ2) is 4.56. The zero-order valence-electron chi connectivity index (χ0n) is 8.64. The summed E-state index contributed by atoms with van der Waals surface area (Å²) in [5.74, 6) is 5.22. The molecule has 1 heterocycles. The average Bonchev–Trinajstić information content (AvgIpc) is 2.27. The summed E-state index contributed by atoms with van der Waals surface area (Å²) < 4.78 is 25.0. The number of aromatic nitrogens is 1. The second-order valence-electron chi connectivity index (χ2n) is 2.92. The van der Waals surface area contributed by atoms with Crippen molar-refractivity contribution in [1.29, 1.82) is 0 Å². The van der Waals surface area contributed by atoms with Crippen molar-refractivity contribution in [3.05, 3.63) is 18.3 Å². The molecular weight excluding hydrogens is 216 g/mol. The van der Waals surface area contributed by atoms with Crippen molar-refractivity contribution in [2.24, 2.45) is 5.84 Å². The molecule has 84 valence electrons. The first kappa shape index (κ1) is 11.9. The SMILES string of the molecule is CCN(C)S(=O)(=O)c1ncccc1NN. The van der Waals surface area contributed by atoms with E-state index in [-0.39, 0.29) is 10.7 Å². The van der Waals surface area contributed by atoms with Crippen molar-refractivity contribution in [2.75, 3.05) is 19.0 Å². The van der Waals surface area contributed by atoms with Crippen molar-refractivity contribution in [3.8, 4) is 0 Å². The Balaban J connectivity index is 3.27. The van der Waals surface area contributed by atoms with E-state index in [1.54, 1.807) is 19.1 Å². The Bertz CT molecular complexity index is 432. The molecule has 0 aliphatic carbocycles. The molecule has 0 bridgehead atoms. The van der Waals surface area contributed by atoms with Crippen LogP contribution in [-0.2, 0) is 10.0 Å². The molecule has 0 spiro atoms. The van der Waals surface area contributed by atoms with Crippen LogP contribution in [0, 0.1) is 0 Å². The monoisotopic (exact) mass is 230 g/mol. The Morgan fingerprint density at radius 3 is 2.80 bits per heavy atom. The lowest BCUT2D eigenvalue weighted by atomic mass is 10.4. The summed E-state index contributed by atoms with van der Waals surface area (Å²) in [5, 5.41) is -0.0585. The molecule has 0 saturated carbocycles. The molecule has 0 amide bonds. The maximum atomic E-state index is 11.9. The Labute approximate surface area is 89.1 Å². The molecule has 0 aliphatic rings. The predicted molar refractivity (Wildman–Crippen MR) is 57.5 cm³/mol. The number of pyridine rings is 1. The van der Waals surface area contributed by atoms with E-state index in [4.69, 9.17) is 5.84 Å². The molecule has 0 aliphatic heterocycles. The number of hydrogen-bond donors (Lipinski definition) is 2. The van der Waals surface area contributed by atoms with Crippen LogP contribution in [0.2, 0.25) is 0 Å². The van der Waals surface area contributed by atoms with E-state index >= 15 is 0 Å². The molecule has 1 aromatic rings. The van der Waals surface area contributed by atoms with Crippen LogP contribution in [0.25, 0.3) is 0 Å². The van der Waals surface area contributed by atoms with E-state index in [9.17, 15) is 8.42 Å². The summed E-state index contributed by atoms with van der Waals surface area (Å²) in [6.07, 6.45) is 1.41. The minimum atomic E-state index is -3.55. The van der Waals surface area contributed by atoms with Gasteiger partial charge in [-0.05, 0) is 12.1 Å². The van der Waals surface area contributed by atoms with Crippen LogP contribution in [0.3, 0.4) is 0 Å². The minimum absolute atomic E-state index is 0.0585. The number of hydrogen-bond acceptors (Lipinski definition) is 5. The summed E-state index contributed by atoms with van der Waals surface area (Å²) in [5.41, 5.74) is 2.60. The van der Waals surface area contributed by atoms with Gasteiger partial charge in [-0.1, -0.05) is 6.92 Å². The van der Waals surface area contributed by atoms with E-state index in [1.807, 2.05) is 0 Å². The van der Waals surface area contributed by atoms with Gasteiger partial charge in [0.15, 0.2) is 5.03 Å². The van der Waals surface area contributed by atoms with Crippen molar-refractivity contribution in [2.45, 2.75) is 11.9 Å². The van der Waals surface area contributed by atoms with Gasteiger partial charge in [0.05, 0.1) is 5.69 Å². The molecule has 6 nitrogen and oxygen atoms in total. The summed E-state index contributed by atoms with van der Waals surface area (Å²) in [7, 11) is -2.06. The summed E-state index contributed by atoms with van der Waals surface area (Å²) in [6, 6.07) is 3.17. The normalized spacial score (nSPS) is 11.7. The lowest BCUT2D eigenvalue weighted by molar-refractivity contribution is 0.483. The first-order valence-corrected chi connectivity index (χ1v) is 5.86. The van der Waals surface area contributed by atoms with Gasteiger partial charge in [0, 0.05) is 19.8 Å². The van der Waals surface area contributed by atoms with Gasteiger partial charge in [-0.2, -0.15) is 4.31 Å². The summed E-state index contributed by atoms with van der Waals surface area (Å²) >= 11 is 0. The zero-order valence-corrected chi connectivity index (χ0v) is 9.45. The molecule has 0 aromatic carbocycles. The number of sulfonamides is 1. The molecule has 1 aromatic heterocycles. The van der Waals surface area contributed by atoms with Crippen LogP contribution < -0.4 is 11.3 Å². The Hall–Kier alpha value is -1.18. The van der Waals surface area contributed by atoms with Gasteiger partial charge in [-0.25, -0.2) is 13.4 Å². The predicted octanol–water partition coefficient (Wildman–Crippen LogP) is 0.00760. The third-order valence-corrected chi connectivity index (χ3v) is 3.92. The Morgan fingerprint density at radius 2 is 2.27 bits per heavy atom. The van der Waals surface area contributed by atoms with E-state index in [2.05, 4.69) is 10.4 Å². The molecule has 3 N–H and O–H groups in total. The first-order chi connectivity index (χ1) is 7.04. The number of nitrogens with two attached hydrogens (primary N) is 1. The Morgan fingerprint density at radius 1 is 1.60 bits per heavy atom. The van der Waals surface area contributed by atoms with Gasteiger partial charge >= 0.3 is 0 Å². The topological polar surface area (TPSA) is 88.3 Å². The van der Waals surface area contributed by atoms with Crippen LogP contribution in [0.4, 0.5) is 5.69 Å².